The Bertz CT molecular complexity index is 272. The molecule has 0 spiro atoms. The Labute approximate surface area is 139 Å². The van der Waals surface area contributed by atoms with Crippen LogP contribution in [0, 0.1) is 5.41 Å². The van der Waals surface area contributed by atoms with Gasteiger partial charge in [0.2, 0.25) is 0 Å². The molecule has 22 heavy (non-hydrogen) atoms. The van der Waals surface area contributed by atoms with Gasteiger partial charge in [-0.2, -0.15) is 0 Å². The van der Waals surface area contributed by atoms with E-state index in [0.29, 0.717) is 11.5 Å². The SMILES string of the molecule is CC(C)(C)CCCOCCCCCC(C)(C)OC1CCCC1. The highest BCUT2D eigenvalue weighted by molar-refractivity contribution is 4.75. The van der Waals surface area contributed by atoms with Crippen molar-refractivity contribution < 1.29 is 9.47 Å². The van der Waals surface area contributed by atoms with E-state index < -0.39 is 0 Å². The highest BCUT2D eigenvalue weighted by atomic mass is 16.5. The molecule has 0 aromatic carbocycles. The van der Waals surface area contributed by atoms with Crippen molar-refractivity contribution in [3.05, 3.63) is 0 Å². The van der Waals surface area contributed by atoms with Crippen LogP contribution in [0.15, 0.2) is 0 Å². The first-order valence-corrected chi connectivity index (χ1v) is 9.54. The minimum Gasteiger partial charge on any atom is -0.381 e. The van der Waals surface area contributed by atoms with Crippen molar-refractivity contribution in [3.63, 3.8) is 0 Å². The Kier molecular flexibility index (Phi) is 9.01. The van der Waals surface area contributed by atoms with Crippen LogP contribution in [0.25, 0.3) is 0 Å². The smallest absolute Gasteiger partial charge is 0.0630 e. The summed E-state index contributed by atoms with van der Waals surface area (Å²) in [5.74, 6) is 0. The monoisotopic (exact) mass is 312 g/mol. The van der Waals surface area contributed by atoms with Gasteiger partial charge >= 0.3 is 0 Å². The summed E-state index contributed by atoms with van der Waals surface area (Å²) in [5.41, 5.74) is 0.497. The van der Waals surface area contributed by atoms with Crippen LogP contribution in [-0.2, 0) is 9.47 Å². The Morgan fingerprint density at radius 2 is 1.41 bits per heavy atom. The second kappa shape index (κ2) is 9.93. The maximum atomic E-state index is 6.26. The molecule has 0 aromatic heterocycles. The molecule has 0 amide bonds. The maximum Gasteiger partial charge on any atom is 0.0630 e. The van der Waals surface area contributed by atoms with Crippen molar-refractivity contribution in [1.29, 1.82) is 0 Å². The molecule has 132 valence electrons. The van der Waals surface area contributed by atoms with Crippen molar-refractivity contribution in [1.82, 2.24) is 0 Å². The van der Waals surface area contributed by atoms with Crippen LogP contribution in [0.4, 0.5) is 0 Å². The molecule has 1 fully saturated rings. The first-order valence-electron chi connectivity index (χ1n) is 9.54. The number of rotatable bonds is 11. The molecule has 0 N–H and O–H groups in total. The molecule has 0 atom stereocenters. The largest absolute Gasteiger partial charge is 0.381 e. The zero-order valence-electron chi connectivity index (χ0n) is 15.9. The van der Waals surface area contributed by atoms with E-state index >= 15 is 0 Å². The molecule has 1 rings (SSSR count). The van der Waals surface area contributed by atoms with Crippen molar-refractivity contribution in [2.45, 2.75) is 111 Å². The molecule has 0 aliphatic heterocycles. The zero-order valence-corrected chi connectivity index (χ0v) is 15.9. The van der Waals surface area contributed by atoms with E-state index in [2.05, 4.69) is 34.6 Å². The van der Waals surface area contributed by atoms with E-state index in [1.165, 1.54) is 64.2 Å². The Morgan fingerprint density at radius 1 is 0.773 bits per heavy atom. The standard InChI is InChI=1S/C20H40O2/c1-19(2,3)14-11-17-21-16-10-6-9-15-20(4,5)22-18-12-7-8-13-18/h18H,6-17H2,1-5H3. The number of unbranched alkanes of at least 4 members (excludes halogenated alkanes) is 2. The van der Waals surface area contributed by atoms with Crippen LogP contribution < -0.4 is 0 Å². The highest BCUT2D eigenvalue weighted by Gasteiger charge is 2.25. The van der Waals surface area contributed by atoms with E-state index in [1.54, 1.807) is 0 Å². The topological polar surface area (TPSA) is 18.5 Å². The second-order valence-corrected chi connectivity index (χ2v) is 8.87. The molecule has 2 heteroatoms. The predicted molar refractivity (Wildman–Crippen MR) is 95.4 cm³/mol. The molecule has 2 nitrogen and oxygen atoms in total. The van der Waals surface area contributed by atoms with Gasteiger partial charge in [0.05, 0.1) is 11.7 Å². The van der Waals surface area contributed by atoms with Crippen LogP contribution in [-0.4, -0.2) is 24.9 Å². The Hall–Kier alpha value is -0.0800. The normalized spacial score (nSPS) is 17.3. The van der Waals surface area contributed by atoms with Crippen LogP contribution in [0.1, 0.15) is 98.8 Å². The van der Waals surface area contributed by atoms with Gasteiger partial charge in [-0.25, -0.2) is 0 Å². The predicted octanol–water partition coefficient (Wildman–Crippen LogP) is 6.13. The lowest BCUT2D eigenvalue weighted by atomic mass is 9.91. The maximum absolute atomic E-state index is 6.26. The van der Waals surface area contributed by atoms with E-state index in [0.717, 1.165) is 13.2 Å². The Morgan fingerprint density at radius 3 is 2.05 bits per heavy atom. The van der Waals surface area contributed by atoms with E-state index in [1.807, 2.05) is 0 Å². The molecule has 0 heterocycles. The van der Waals surface area contributed by atoms with Gasteiger partial charge in [-0.15, -0.1) is 0 Å². The lowest BCUT2D eigenvalue weighted by molar-refractivity contribution is -0.0737. The first kappa shape index (κ1) is 20.0. The van der Waals surface area contributed by atoms with Crippen molar-refractivity contribution in [2.75, 3.05) is 13.2 Å². The van der Waals surface area contributed by atoms with Crippen LogP contribution >= 0.6 is 0 Å². The third kappa shape index (κ3) is 10.6. The van der Waals surface area contributed by atoms with Gasteiger partial charge in [0.15, 0.2) is 0 Å². The van der Waals surface area contributed by atoms with Gasteiger partial charge in [0.1, 0.15) is 0 Å². The van der Waals surface area contributed by atoms with Crippen LogP contribution in [0.5, 0.6) is 0 Å². The minimum atomic E-state index is 0.0581. The van der Waals surface area contributed by atoms with E-state index in [-0.39, 0.29) is 5.60 Å². The zero-order chi connectivity index (χ0) is 16.5. The minimum absolute atomic E-state index is 0.0581. The molecular weight excluding hydrogens is 272 g/mol. The fourth-order valence-electron chi connectivity index (χ4n) is 3.25. The fourth-order valence-corrected chi connectivity index (χ4v) is 3.25. The molecule has 0 unspecified atom stereocenters. The molecule has 1 aliphatic carbocycles. The van der Waals surface area contributed by atoms with E-state index in [4.69, 9.17) is 9.47 Å². The van der Waals surface area contributed by atoms with Crippen molar-refractivity contribution in [3.8, 4) is 0 Å². The fraction of sp³-hybridized carbons (Fsp3) is 1.00. The molecule has 0 saturated heterocycles. The molecule has 1 saturated carbocycles. The summed E-state index contributed by atoms with van der Waals surface area (Å²) < 4.78 is 12.0. The number of ether oxygens (including phenoxy) is 2. The third-order valence-electron chi connectivity index (χ3n) is 4.57. The Balaban J connectivity index is 1.91. The lowest BCUT2D eigenvalue weighted by Gasteiger charge is -2.29. The molecule has 1 aliphatic rings. The van der Waals surface area contributed by atoms with Crippen LogP contribution in [0.3, 0.4) is 0 Å². The second-order valence-electron chi connectivity index (χ2n) is 8.87. The number of hydrogen-bond donors (Lipinski definition) is 0. The van der Waals surface area contributed by atoms with E-state index in [9.17, 15) is 0 Å². The summed E-state index contributed by atoms with van der Waals surface area (Å²) in [6.45, 7) is 13.2. The van der Waals surface area contributed by atoms with Gasteiger partial charge in [0.25, 0.3) is 0 Å². The van der Waals surface area contributed by atoms with Crippen molar-refractivity contribution in [2.24, 2.45) is 5.41 Å². The average Bonchev–Trinajstić information content (AvgIpc) is 2.87. The summed E-state index contributed by atoms with van der Waals surface area (Å²) in [4.78, 5) is 0. The molecule has 0 aromatic rings. The van der Waals surface area contributed by atoms with Gasteiger partial charge in [-0.05, 0) is 57.8 Å². The lowest BCUT2D eigenvalue weighted by Crippen LogP contribution is -2.29. The van der Waals surface area contributed by atoms with Gasteiger partial charge < -0.3 is 9.47 Å². The van der Waals surface area contributed by atoms with Gasteiger partial charge in [0, 0.05) is 13.2 Å². The summed E-state index contributed by atoms with van der Waals surface area (Å²) in [7, 11) is 0. The number of hydrogen-bond acceptors (Lipinski definition) is 2. The summed E-state index contributed by atoms with van der Waals surface area (Å²) in [6, 6.07) is 0. The molecule has 0 bridgehead atoms. The first-order chi connectivity index (χ1) is 10.3. The summed E-state index contributed by atoms with van der Waals surface area (Å²) in [5, 5.41) is 0. The van der Waals surface area contributed by atoms with Gasteiger partial charge in [-0.1, -0.05) is 46.5 Å². The van der Waals surface area contributed by atoms with Crippen molar-refractivity contribution >= 4 is 0 Å². The third-order valence-corrected chi connectivity index (χ3v) is 4.57. The molecular formula is C20H40O2. The summed E-state index contributed by atoms with van der Waals surface area (Å²) >= 11 is 0. The quantitative estimate of drug-likeness (QED) is 0.427. The highest BCUT2D eigenvalue weighted by Crippen LogP contribution is 2.28. The average molecular weight is 313 g/mol. The summed E-state index contributed by atoms with van der Waals surface area (Å²) in [6.07, 6.45) is 13.1. The molecule has 0 radical (unpaired) electrons. The van der Waals surface area contributed by atoms with Gasteiger partial charge in [-0.3, -0.25) is 0 Å². The van der Waals surface area contributed by atoms with Crippen LogP contribution in [0.2, 0.25) is 0 Å².